The first kappa shape index (κ1) is 19.3. The number of hydrogen-bond acceptors (Lipinski definition) is 3. The van der Waals surface area contributed by atoms with Gasteiger partial charge in [0.1, 0.15) is 11.6 Å². The molecule has 7 heteroatoms. The van der Waals surface area contributed by atoms with Crippen molar-refractivity contribution in [3.05, 3.63) is 29.8 Å². The first-order valence-electron chi connectivity index (χ1n) is 8.45. The number of nitrogens with zero attached hydrogens (tertiary/aromatic N) is 1. The van der Waals surface area contributed by atoms with Crippen molar-refractivity contribution in [1.82, 2.24) is 9.62 Å². The van der Waals surface area contributed by atoms with E-state index < -0.39 is 26.6 Å². The molecule has 4 nitrogen and oxygen atoms in total. The van der Waals surface area contributed by atoms with Gasteiger partial charge in [-0.05, 0) is 49.8 Å². The number of likely N-dealkylation sites (tertiary alicyclic amines) is 1. The van der Waals surface area contributed by atoms with Crippen LogP contribution in [0.3, 0.4) is 0 Å². The zero-order valence-corrected chi connectivity index (χ0v) is 15.1. The van der Waals surface area contributed by atoms with E-state index in [9.17, 15) is 17.2 Å². The average Bonchev–Trinajstić information content (AvgIpc) is 2.45. The maximum Gasteiger partial charge on any atom is 0.246 e. The van der Waals surface area contributed by atoms with Gasteiger partial charge in [-0.25, -0.2) is 21.9 Å². The van der Waals surface area contributed by atoms with Crippen LogP contribution in [0.15, 0.2) is 23.1 Å². The monoisotopic (exact) mass is 360 g/mol. The Morgan fingerprint density at radius 2 is 1.71 bits per heavy atom. The highest BCUT2D eigenvalue weighted by Crippen LogP contribution is 2.21. The van der Waals surface area contributed by atoms with Gasteiger partial charge in [-0.2, -0.15) is 0 Å². The van der Waals surface area contributed by atoms with Gasteiger partial charge in [-0.3, -0.25) is 0 Å². The molecular weight excluding hydrogens is 334 g/mol. The lowest BCUT2D eigenvalue weighted by Gasteiger charge is -2.34. The molecule has 0 radical (unpaired) electrons. The maximum atomic E-state index is 13.6. The third-order valence-corrected chi connectivity index (χ3v) is 5.84. The summed E-state index contributed by atoms with van der Waals surface area (Å²) < 4.78 is 53.5. The van der Waals surface area contributed by atoms with E-state index in [2.05, 4.69) is 23.5 Å². The van der Waals surface area contributed by atoms with Crippen LogP contribution in [0.25, 0.3) is 0 Å². The van der Waals surface area contributed by atoms with Crippen LogP contribution in [0.5, 0.6) is 0 Å². The Balaban J connectivity index is 1.78. The lowest BCUT2D eigenvalue weighted by Crippen LogP contribution is -2.39. The van der Waals surface area contributed by atoms with Crippen molar-refractivity contribution in [2.75, 3.05) is 26.2 Å². The normalized spacial score (nSPS) is 22.7. The van der Waals surface area contributed by atoms with Gasteiger partial charge in [0.2, 0.25) is 10.0 Å². The molecule has 0 saturated carbocycles. The van der Waals surface area contributed by atoms with Crippen molar-refractivity contribution in [2.24, 2.45) is 11.8 Å². The number of sulfonamides is 1. The molecule has 1 N–H and O–H groups in total. The van der Waals surface area contributed by atoms with Crippen molar-refractivity contribution < 1.29 is 17.2 Å². The van der Waals surface area contributed by atoms with Crippen LogP contribution in [0, 0.1) is 23.5 Å². The molecular formula is C17H26F2N2O2S. The second kappa shape index (κ2) is 8.36. The summed E-state index contributed by atoms with van der Waals surface area (Å²) in [7, 11) is -4.16. The van der Waals surface area contributed by atoms with Crippen LogP contribution >= 0.6 is 0 Å². The lowest BCUT2D eigenvalue weighted by atomic mass is 9.92. The van der Waals surface area contributed by atoms with E-state index in [1.54, 1.807) is 0 Å². The zero-order valence-electron chi connectivity index (χ0n) is 14.3. The molecule has 24 heavy (non-hydrogen) atoms. The van der Waals surface area contributed by atoms with Crippen molar-refractivity contribution in [3.63, 3.8) is 0 Å². The number of rotatable bonds is 7. The van der Waals surface area contributed by atoms with Gasteiger partial charge in [0.15, 0.2) is 4.90 Å². The molecule has 136 valence electrons. The van der Waals surface area contributed by atoms with Crippen LogP contribution in [0.4, 0.5) is 8.78 Å². The number of hydrogen-bond donors (Lipinski definition) is 1. The first-order valence-corrected chi connectivity index (χ1v) is 9.94. The third kappa shape index (κ3) is 5.22. The number of nitrogens with one attached hydrogen (secondary N) is 1. The second-order valence-electron chi connectivity index (χ2n) is 6.86. The van der Waals surface area contributed by atoms with E-state index in [0.29, 0.717) is 18.3 Å². The first-order chi connectivity index (χ1) is 11.3. The SMILES string of the molecule is CC1CC(C)CN(CCCCNS(=O)(=O)c2c(F)cccc2F)C1. The standard InChI is InChI=1S/C17H26F2N2O2S/c1-13-10-14(2)12-21(11-13)9-4-3-8-20-24(22,23)17-15(18)6-5-7-16(17)19/h5-7,13-14,20H,3-4,8-12H2,1-2H3. The Labute approximate surface area is 143 Å². The molecule has 2 atom stereocenters. The third-order valence-electron chi connectivity index (χ3n) is 4.33. The summed E-state index contributed by atoms with van der Waals surface area (Å²) in [5, 5.41) is 0. The van der Waals surface area contributed by atoms with Crippen molar-refractivity contribution in [2.45, 2.75) is 38.0 Å². The van der Waals surface area contributed by atoms with E-state index in [0.717, 1.165) is 44.3 Å². The molecule has 1 aliphatic heterocycles. The van der Waals surface area contributed by atoms with Gasteiger partial charge in [0, 0.05) is 19.6 Å². The van der Waals surface area contributed by atoms with Gasteiger partial charge >= 0.3 is 0 Å². The average molecular weight is 360 g/mol. The summed E-state index contributed by atoms with van der Waals surface area (Å²) in [4.78, 5) is 1.51. The fraction of sp³-hybridized carbons (Fsp3) is 0.647. The van der Waals surface area contributed by atoms with E-state index >= 15 is 0 Å². The topological polar surface area (TPSA) is 49.4 Å². The van der Waals surface area contributed by atoms with E-state index in [1.807, 2.05) is 0 Å². The second-order valence-corrected chi connectivity index (χ2v) is 8.57. The molecule has 1 fully saturated rings. The molecule has 1 saturated heterocycles. The molecule has 1 aliphatic rings. The Kier molecular flexibility index (Phi) is 6.71. The minimum atomic E-state index is -4.16. The Hall–Kier alpha value is -1.05. The fourth-order valence-electron chi connectivity index (χ4n) is 3.45. The van der Waals surface area contributed by atoms with E-state index in [1.165, 1.54) is 6.42 Å². The number of benzene rings is 1. The van der Waals surface area contributed by atoms with Crippen molar-refractivity contribution >= 4 is 10.0 Å². The summed E-state index contributed by atoms with van der Waals surface area (Å²) in [6.45, 7) is 7.76. The number of piperidine rings is 1. The minimum Gasteiger partial charge on any atom is -0.303 e. The summed E-state index contributed by atoms with van der Waals surface area (Å²) >= 11 is 0. The lowest BCUT2D eigenvalue weighted by molar-refractivity contribution is 0.139. The zero-order chi connectivity index (χ0) is 17.7. The van der Waals surface area contributed by atoms with Gasteiger partial charge in [-0.1, -0.05) is 19.9 Å². The Morgan fingerprint density at radius 3 is 2.29 bits per heavy atom. The molecule has 0 spiro atoms. The van der Waals surface area contributed by atoms with Crippen LogP contribution < -0.4 is 4.72 Å². The predicted octanol–water partition coefficient (Wildman–Crippen LogP) is 3.00. The smallest absolute Gasteiger partial charge is 0.246 e. The highest BCUT2D eigenvalue weighted by Gasteiger charge is 2.23. The summed E-state index contributed by atoms with van der Waals surface area (Å²) in [5.74, 6) is -0.759. The van der Waals surface area contributed by atoms with Crippen LogP contribution in [-0.4, -0.2) is 39.5 Å². The van der Waals surface area contributed by atoms with Crippen molar-refractivity contribution in [3.8, 4) is 0 Å². The summed E-state index contributed by atoms with van der Waals surface area (Å²) in [6.07, 6.45) is 2.74. The van der Waals surface area contributed by atoms with Crippen molar-refractivity contribution in [1.29, 1.82) is 0 Å². The van der Waals surface area contributed by atoms with Gasteiger partial charge in [0.25, 0.3) is 0 Å². The summed E-state index contributed by atoms with van der Waals surface area (Å²) in [5.41, 5.74) is 0. The quantitative estimate of drug-likeness (QED) is 0.761. The maximum absolute atomic E-state index is 13.6. The van der Waals surface area contributed by atoms with Gasteiger partial charge in [-0.15, -0.1) is 0 Å². The Morgan fingerprint density at radius 1 is 1.12 bits per heavy atom. The van der Waals surface area contributed by atoms with Gasteiger partial charge in [0.05, 0.1) is 0 Å². The minimum absolute atomic E-state index is 0.176. The van der Waals surface area contributed by atoms with E-state index in [4.69, 9.17) is 0 Å². The van der Waals surface area contributed by atoms with E-state index in [-0.39, 0.29) is 6.54 Å². The highest BCUT2D eigenvalue weighted by atomic mass is 32.2. The molecule has 2 unspecified atom stereocenters. The molecule has 0 aliphatic carbocycles. The molecule has 1 aromatic rings. The molecule has 0 amide bonds. The largest absolute Gasteiger partial charge is 0.303 e. The summed E-state index contributed by atoms with van der Waals surface area (Å²) in [6, 6.07) is 3.02. The van der Waals surface area contributed by atoms with Crippen LogP contribution in [0.1, 0.15) is 33.1 Å². The molecule has 1 heterocycles. The Bertz CT molecular complexity index is 622. The fourth-order valence-corrected chi connectivity index (χ4v) is 4.66. The molecule has 0 bridgehead atoms. The van der Waals surface area contributed by atoms with Gasteiger partial charge < -0.3 is 4.90 Å². The highest BCUT2D eigenvalue weighted by molar-refractivity contribution is 7.89. The van der Waals surface area contributed by atoms with Crippen LogP contribution in [0.2, 0.25) is 0 Å². The molecule has 0 aromatic heterocycles. The number of halogens is 2. The molecule has 2 rings (SSSR count). The van der Waals surface area contributed by atoms with Crippen LogP contribution in [-0.2, 0) is 10.0 Å². The predicted molar refractivity (Wildman–Crippen MR) is 90.2 cm³/mol. The molecule has 1 aromatic carbocycles. The number of unbranched alkanes of at least 4 members (excludes halogenated alkanes) is 1.